The summed E-state index contributed by atoms with van der Waals surface area (Å²) >= 11 is 0. The second kappa shape index (κ2) is 2.91. The van der Waals surface area contributed by atoms with Crippen molar-refractivity contribution in [2.24, 2.45) is 0 Å². The maximum Gasteiger partial charge on any atom is 0.307 e. The van der Waals surface area contributed by atoms with Gasteiger partial charge < -0.3 is 20.4 Å². The Hall–Kier alpha value is -0.240. The monoisotopic (exact) mass is 180 g/mol. The first kappa shape index (κ1) is 9.85. The fourth-order valence-electron chi connectivity index (χ4n) is 1.21. The molecule has 1 saturated heterocycles. The molecule has 0 spiro atoms. The van der Waals surface area contributed by atoms with Gasteiger partial charge in [-0.05, 0) is 0 Å². The smallest absolute Gasteiger partial charge is 0.307 e. The van der Waals surface area contributed by atoms with Crippen LogP contribution in [-0.4, -0.2) is 68.4 Å². The Labute approximate surface area is 69.5 Å². The molecule has 0 saturated carbocycles. The first-order valence-electron chi connectivity index (χ1n) is 3.69. The first-order valence-corrected chi connectivity index (χ1v) is 3.69. The summed E-state index contributed by atoms with van der Waals surface area (Å²) in [7, 11) is 0. The molecule has 0 radical (unpaired) electrons. The van der Waals surface area contributed by atoms with Crippen molar-refractivity contribution >= 4 is 0 Å². The lowest BCUT2D eigenvalue weighted by atomic mass is 10.3. The Bertz CT molecular complexity index is 177. The van der Waals surface area contributed by atoms with Crippen LogP contribution >= 0.6 is 0 Å². The van der Waals surface area contributed by atoms with E-state index in [1.807, 2.05) is 0 Å². The molecule has 0 aromatic heterocycles. The van der Waals surface area contributed by atoms with Gasteiger partial charge in [-0.3, -0.25) is 0 Å². The lowest BCUT2D eigenvalue weighted by Crippen LogP contribution is -2.42. The molecule has 0 bridgehead atoms. The molecule has 6 heteroatoms. The van der Waals surface area contributed by atoms with Crippen LogP contribution in [0.1, 0.15) is 0 Å². The number of hydroxylamine groups is 3. The van der Waals surface area contributed by atoms with Crippen LogP contribution in [0, 0.1) is 0 Å². The molecule has 0 aromatic rings. The van der Waals surface area contributed by atoms with Crippen LogP contribution in [0.3, 0.4) is 0 Å². The maximum atomic E-state index is 9.41. The molecule has 0 aromatic carbocycles. The quantitative estimate of drug-likeness (QED) is 0.238. The molecule has 1 rings (SSSR count). The van der Waals surface area contributed by atoms with E-state index in [9.17, 15) is 10.3 Å². The van der Waals surface area contributed by atoms with Crippen molar-refractivity contribution in [3.8, 4) is 0 Å². The summed E-state index contributed by atoms with van der Waals surface area (Å²) in [5, 5.41) is 44.7. The van der Waals surface area contributed by atoms with Gasteiger partial charge in [-0.15, -0.1) is 4.65 Å². The molecule has 1 aliphatic heterocycles. The summed E-state index contributed by atoms with van der Waals surface area (Å²) in [5.74, 6) is 0. The highest BCUT2D eigenvalue weighted by Gasteiger charge is 2.71. The number of nitrogens with zero attached hydrogens (tertiary/aromatic N) is 1. The highest BCUT2D eigenvalue weighted by atomic mass is 16.6. The number of rotatable bonds is 4. The minimum atomic E-state index is -1.55. The van der Waals surface area contributed by atoms with E-state index < -0.39 is 29.7 Å². The predicted molar refractivity (Wildman–Crippen MR) is 36.9 cm³/mol. The summed E-state index contributed by atoms with van der Waals surface area (Å²) in [5.41, 5.74) is -1.55. The first-order chi connectivity index (χ1) is 5.47. The van der Waals surface area contributed by atoms with Gasteiger partial charge in [0.15, 0.2) is 6.54 Å². The van der Waals surface area contributed by atoms with E-state index in [2.05, 4.69) is 0 Å². The van der Waals surface area contributed by atoms with Crippen molar-refractivity contribution in [2.75, 3.05) is 26.3 Å². The average Bonchev–Trinajstić information content (AvgIpc) is 2.55. The molecule has 5 N–H and O–H groups in total. The summed E-state index contributed by atoms with van der Waals surface area (Å²) in [4.78, 5) is 0. The van der Waals surface area contributed by atoms with Gasteiger partial charge in [0.2, 0.25) is 0 Å². The van der Waals surface area contributed by atoms with Gasteiger partial charge in [-0.1, -0.05) is 0 Å². The average molecular weight is 180 g/mol. The minimum absolute atomic E-state index is 0.0133. The number of aliphatic hydroxyl groups excluding tert-OH is 3. The Morgan fingerprint density at radius 2 is 2.00 bits per heavy atom. The van der Waals surface area contributed by atoms with Crippen LogP contribution in [-0.2, 0) is 0 Å². The van der Waals surface area contributed by atoms with Crippen molar-refractivity contribution in [1.82, 2.24) is 0 Å². The Balaban J connectivity index is 2.45. The van der Waals surface area contributed by atoms with Crippen LogP contribution in [0.5, 0.6) is 0 Å². The van der Waals surface area contributed by atoms with Crippen molar-refractivity contribution in [3.05, 3.63) is 0 Å². The predicted octanol–water partition coefficient (Wildman–Crippen LogP) is -2.76. The molecule has 0 amide bonds. The maximum absolute atomic E-state index is 9.41. The van der Waals surface area contributed by atoms with Gasteiger partial charge in [0.1, 0.15) is 19.3 Å². The topological polar surface area (TPSA) is 101 Å². The number of aliphatic hydroxyl groups is 4. The molecular weight excluding hydrogens is 166 g/mol. The van der Waals surface area contributed by atoms with Gasteiger partial charge >= 0.3 is 5.72 Å². The molecule has 1 fully saturated rings. The van der Waals surface area contributed by atoms with E-state index >= 15 is 0 Å². The van der Waals surface area contributed by atoms with E-state index in [1.54, 1.807) is 0 Å². The molecular formula is C6H14NO5+. The Morgan fingerprint density at radius 3 is 2.33 bits per heavy atom. The van der Waals surface area contributed by atoms with Crippen molar-refractivity contribution in [3.63, 3.8) is 0 Å². The van der Waals surface area contributed by atoms with Crippen molar-refractivity contribution in [1.29, 1.82) is 0 Å². The van der Waals surface area contributed by atoms with Gasteiger partial charge in [0.05, 0.1) is 6.61 Å². The van der Waals surface area contributed by atoms with E-state index in [0.717, 1.165) is 0 Å². The van der Waals surface area contributed by atoms with Crippen LogP contribution in [0.2, 0.25) is 0 Å². The molecule has 72 valence electrons. The highest BCUT2D eigenvalue weighted by molar-refractivity contribution is 4.79. The third-order valence-corrected chi connectivity index (χ3v) is 2.16. The fraction of sp³-hybridized carbons (Fsp3) is 1.00. The van der Waals surface area contributed by atoms with E-state index in [0.29, 0.717) is 0 Å². The molecule has 12 heavy (non-hydrogen) atoms. The number of quaternary nitrogens is 1. The van der Waals surface area contributed by atoms with Crippen LogP contribution in [0.15, 0.2) is 0 Å². The zero-order valence-corrected chi connectivity index (χ0v) is 6.59. The second-order valence-corrected chi connectivity index (χ2v) is 3.24. The number of hydrogen-bond acceptors (Lipinski definition) is 5. The third kappa shape index (κ3) is 1.45. The van der Waals surface area contributed by atoms with Crippen LogP contribution in [0.25, 0.3) is 0 Å². The van der Waals surface area contributed by atoms with E-state index in [1.165, 1.54) is 0 Å². The standard InChI is InChI=1S/C6H14NO5/c8-2-5(10)1-7(12)3-6(7,11)4-9/h5,8-12H,1-4H2/q+1. The Kier molecular flexibility index (Phi) is 2.39. The lowest BCUT2D eigenvalue weighted by Gasteiger charge is -2.15. The lowest BCUT2D eigenvalue weighted by molar-refractivity contribution is -1.03. The van der Waals surface area contributed by atoms with Crippen LogP contribution < -0.4 is 0 Å². The molecule has 3 atom stereocenters. The SMILES string of the molecule is OCC(O)C[N+]1(O)CC1(O)CO. The number of hydrogen-bond donors (Lipinski definition) is 5. The summed E-state index contributed by atoms with van der Waals surface area (Å²) in [6, 6.07) is 0. The van der Waals surface area contributed by atoms with Crippen molar-refractivity contribution in [2.45, 2.75) is 11.8 Å². The minimum Gasteiger partial charge on any atom is -0.393 e. The highest BCUT2D eigenvalue weighted by Crippen LogP contribution is 2.37. The van der Waals surface area contributed by atoms with Crippen LogP contribution in [0.4, 0.5) is 0 Å². The normalized spacial score (nSPS) is 42.8. The van der Waals surface area contributed by atoms with Gasteiger partial charge in [-0.2, -0.15) is 0 Å². The molecule has 1 heterocycles. The Morgan fingerprint density at radius 1 is 1.42 bits per heavy atom. The zero-order chi connectivity index (χ0) is 9.41. The fourth-order valence-corrected chi connectivity index (χ4v) is 1.21. The van der Waals surface area contributed by atoms with E-state index in [-0.39, 0.29) is 13.1 Å². The molecule has 6 nitrogen and oxygen atoms in total. The van der Waals surface area contributed by atoms with Crippen molar-refractivity contribution < 1.29 is 30.3 Å². The molecule has 0 aliphatic carbocycles. The van der Waals surface area contributed by atoms with E-state index in [4.69, 9.17) is 15.3 Å². The summed E-state index contributed by atoms with van der Waals surface area (Å²) in [6.07, 6.45) is -1.07. The zero-order valence-electron chi connectivity index (χ0n) is 6.59. The second-order valence-electron chi connectivity index (χ2n) is 3.24. The van der Waals surface area contributed by atoms with Gasteiger partial charge in [0, 0.05) is 0 Å². The van der Waals surface area contributed by atoms with Gasteiger partial charge in [-0.25, -0.2) is 5.21 Å². The molecule has 1 aliphatic rings. The summed E-state index contributed by atoms with van der Waals surface area (Å²) < 4.78 is -0.786. The molecule has 3 unspecified atom stereocenters. The van der Waals surface area contributed by atoms with Gasteiger partial charge in [0.25, 0.3) is 0 Å². The third-order valence-electron chi connectivity index (χ3n) is 2.16. The largest absolute Gasteiger partial charge is 0.393 e. The summed E-state index contributed by atoms with van der Waals surface area (Å²) in [6.45, 7) is -1.21.